The van der Waals surface area contributed by atoms with Crippen LogP contribution in [0.25, 0.3) is 0 Å². The van der Waals surface area contributed by atoms with Crippen LogP contribution in [-0.2, 0) is 14.3 Å². The molecule has 0 bridgehead atoms. The van der Waals surface area contributed by atoms with Gasteiger partial charge >= 0.3 is 5.97 Å². The SMILES string of the molecule is CCOC(=O)C1=C(N)OC(CCl)=C(C#N)C1c1ccccc1Br. The summed E-state index contributed by atoms with van der Waals surface area (Å²) in [5.41, 5.74) is 6.96. The topological polar surface area (TPSA) is 85.3 Å². The Morgan fingerprint density at radius 1 is 1.52 bits per heavy atom. The molecule has 0 saturated heterocycles. The van der Waals surface area contributed by atoms with Crippen molar-refractivity contribution in [3.05, 3.63) is 57.1 Å². The third-order valence-corrected chi connectivity index (χ3v) is 4.29. The Labute approximate surface area is 147 Å². The van der Waals surface area contributed by atoms with Crippen LogP contribution in [-0.4, -0.2) is 18.5 Å². The van der Waals surface area contributed by atoms with E-state index in [2.05, 4.69) is 22.0 Å². The van der Waals surface area contributed by atoms with Crippen molar-refractivity contribution in [2.45, 2.75) is 12.8 Å². The first-order chi connectivity index (χ1) is 11.0. The summed E-state index contributed by atoms with van der Waals surface area (Å²) in [6, 6.07) is 9.34. The molecule has 1 aliphatic rings. The highest BCUT2D eigenvalue weighted by Crippen LogP contribution is 2.42. The summed E-state index contributed by atoms with van der Waals surface area (Å²) in [7, 11) is 0. The smallest absolute Gasteiger partial charge is 0.340 e. The second-order valence-corrected chi connectivity index (χ2v) is 5.76. The number of benzene rings is 1. The first-order valence-corrected chi connectivity index (χ1v) is 8.16. The average Bonchev–Trinajstić information content (AvgIpc) is 2.54. The average molecular weight is 398 g/mol. The molecular formula is C16H14BrClN2O3. The third-order valence-electron chi connectivity index (χ3n) is 3.33. The van der Waals surface area contributed by atoms with Gasteiger partial charge in [0.15, 0.2) is 0 Å². The fraction of sp³-hybridized carbons (Fsp3) is 0.250. The summed E-state index contributed by atoms with van der Waals surface area (Å²) in [5.74, 6) is -1.20. The molecule has 23 heavy (non-hydrogen) atoms. The molecule has 1 atom stereocenters. The van der Waals surface area contributed by atoms with Crippen molar-refractivity contribution in [1.82, 2.24) is 0 Å². The lowest BCUT2D eigenvalue weighted by Gasteiger charge is -2.27. The van der Waals surface area contributed by atoms with E-state index in [0.29, 0.717) is 5.56 Å². The third kappa shape index (κ3) is 3.36. The molecule has 2 rings (SSSR count). The quantitative estimate of drug-likeness (QED) is 0.622. The molecule has 1 unspecified atom stereocenters. The van der Waals surface area contributed by atoms with Gasteiger partial charge in [0.1, 0.15) is 11.3 Å². The summed E-state index contributed by atoms with van der Waals surface area (Å²) in [6.07, 6.45) is 0. The summed E-state index contributed by atoms with van der Waals surface area (Å²) >= 11 is 9.30. The van der Waals surface area contributed by atoms with Gasteiger partial charge in [0.25, 0.3) is 0 Å². The lowest BCUT2D eigenvalue weighted by Crippen LogP contribution is -2.27. The first kappa shape index (κ1) is 17.4. The Bertz CT molecular complexity index is 737. The van der Waals surface area contributed by atoms with Crippen molar-refractivity contribution in [2.24, 2.45) is 5.73 Å². The number of nitrogens with zero attached hydrogens (tertiary/aromatic N) is 1. The monoisotopic (exact) mass is 396 g/mol. The predicted octanol–water partition coefficient (Wildman–Crippen LogP) is 3.31. The van der Waals surface area contributed by atoms with Crippen LogP contribution < -0.4 is 5.73 Å². The Morgan fingerprint density at radius 3 is 2.78 bits per heavy atom. The number of nitriles is 1. The summed E-state index contributed by atoms with van der Waals surface area (Å²) in [4.78, 5) is 12.3. The Morgan fingerprint density at radius 2 is 2.22 bits per heavy atom. The number of hydrogen-bond donors (Lipinski definition) is 1. The van der Waals surface area contributed by atoms with Gasteiger partial charge in [-0.05, 0) is 18.6 Å². The van der Waals surface area contributed by atoms with Crippen molar-refractivity contribution in [3.8, 4) is 6.07 Å². The molecule has 1 aromatic rings. The predicted molar refractivity (Wildman–Crippen MR) is 89.2 cm³/mol. The number of halogens is 2. The minimum absolute atomic E-state index is 0.0271. The highest BCUT2D eigenvalue weighted by atomic mass is 79.9. The maximum absolute atomic E-state index is 12.3. The standard InChI is InChI=1S/C16H14BrClN2O3/c1-2-22-16(21)14-13(9-5-3-4-6-11(9)17)10(8-19)12(7-18)23-15(14)20/h3-6,13H,2,7,20H2,1H3. The van der Waals surface area contributed by atoms with Crippen LogP contribution in [0.15, 0.2) is 51.5 Å². The molecule has 7 heteroatoms. The number of esters is 1. The van der Waals surface area contributed by atoms with Crippen LogP contribution in [0.5, 0.6) is 0 Å². The van der Waals surface area contributed by atoms with Crippen LogP contribution in [0.2, 0.25) is 0 Å². The number of allylic oxidation sites excluding steroid dienone is 2. The van der Waals surface area contributed by atoms with E-state index >= 15 is 0 Å². The van der Waals surface area contributed by atoms with Crippen LogP contribution in [0.3, 0.4) is 0 Å². The molecule has 0 aliphatic carbocycles. The van der Waals surface area contributed by atoms with E-state index in [4.69, 9.17) is 26.8 Å². The van der Waals surface area contributed by atoms with Gasteiger partial charge in [0.05, 0.1) is 30.0 Å². The van der Waals surface area contributed by atoms with E-state index in [0.717, 1.165) is 4.47 Å². The van der Waals surface area contributed by atoms with Crippen molar-refractivity contribution >= 4 is 33.5 Å². The second kappa shape index (κ2) is 7.53. The molecule has 0 spiro atoms. The fourth-order valence-electron chi connectivity index (χ4n) is 2.36. The fourth-order valence-corrected chi connectivity index (χ4v) is 3.08. The van der Waals surface area contributed by atoms with Crippen molar-refractivity contribution in [2.75, 3.05) is 12.5 Å². The molecule has 0 aromatic heterocycles. The second-order valence-electron chi connectivity index (χ2n) is 4.64. The number of alkyl halides is 1. The molecule has 120 valence electrons. The van der Waals surface area contributed by atoms with Crippen LogP contribution in [0.4, 0.5) is 0 Å². The molecule has 0 fully saturated rings. The zero-order valence-corrected chi connectivity index (χ0v) is 14.6. The van der Waals surface area contributed by atoms with Crippen molar-refractivity contribution in [1.29, 1.82) is 5.26 Å². The van der Waals surface area contributed by atoms with E-state index in [-0.39, 0.29) is 35.3 Å². The maximum Gasteiger partial charge on any atom is 0.340 e. The Hall–Kier alpha value is -1.97. The summed E-state index contributed by atoms with van der Waals surface area (Å²) in [6.45, 7) is 1.88. The van der Waals surface area contributed by atoms with E-state index in [1.165, 1.54) is 0 Å². The lowest BCUT2D eigenvalue weighted by molar-refractivity contribution is -0.139. The number of carbonyl (C=O) groups is 1. The number of rotatable bonds is 4. The van der Waals surface area contributed by atoms with Gasteiger partial charge in [-0.15, -0.1) is 11.6 Å². The zero-order chi connectivity index (χ0) is 17.0. The van der Waals surface area contributed by atoms with Crippen LogP contribution in [0.1, 0.15) is 18.4 Å². The number of ether oxygens (including phenoxy) is 2. The van der Waals surface area contributed by atoms with E-state index in [9.17, 15) is 10.1 Å². The van der Waals surface area contributed by atoms with Crippen molar-refractivity contribution < 1.29 is 14.3 Å². The van der Waals surface area contributed by atoms with Gasteiger partial charge in [-0.1, -0.05) is 34.1 Å². The maximum atomic E-state index is 12.3. The summed E-state index contributed by atoms with van der Waals surface area (Å²) < 4.78 is 11.2. The molecule has 1 aliphatic heterocycles. The van der Waals surface area contributed by atoms with Gasteiger partial charge in [0.2, 0.25) is 5.88 Å². The van der Waals surface area contributed by atoms with Gasteiger partial charge in [-0.2, -0.15) is 5.26 Å². The van der Waals surface area contributed by atoms with Gasteiger partial charge in [-0.3, -0.25) is 0 Å². The first-order valence-electron chi connectivity index (χ1n) is 6.83. The minimum atomic E-state index is -0.697. The molecule has 1 heterocycles. The lowest BCUT2D eigenvalue weighted by atomic mass is 9.83. The molecular weight excluding hydrogens is 384 g/mol. The minimum Gasteiger partial charge on any atom is -0.462 e. The Kier molecular flexibility index (Phi) is 5.69. The number of nitrogens with two attached hydrogens (primary N) is 1. The van der Waals surface area contributed by atoms with Crippen LogP contribution in [0, 0.1) is 11.3 Å². The van der Waals surface area contributed by atoms with Crippen molar-refractivity contribution in [3.63, 3.8) is 0 Å². The molecule has 0 radical (unpaired) electrons. The van der Waals surface area contributed by atoms with E-state index in [1.807, 2.05) is 18.2 Å². The van der Waals surface area contributed by atoms with Gasteiger partial charge in [-0.25, -0.2) is 4.79 Å². The zero-order valence-electron chi connectivity index (χ0n) is 12.3. The molecule has 5 nitrogen and oxygen atoms in total. The molecule has 0 amide bonds. The van der Waals surface area contributed by atoms with Gasteiger partial charge < -0.3 is 15.2 Å². The largest absolute Gasteiger partial charge is 0.462 e. The molecule has 0 saturated carbocycles. The highest BCUT2D eigenvalue weighted by Gasteiger charge is 2.38. The van der Waals surface area contributed by atoms with E-state index in [1.54, 1.807) is 13.0 Å². The van der Waals surface area contributed by atoms with Gasteiger partial charge in [0, 0.05) is 4.47 Å². The number of carbonyl (C=O) groups excluding carboxylic acids is 1. The highest BCUT2D eigenvalue weighted by molar-refractivity contribution is 9.10. The van der Waals surface area contributed by atoms with E-state index < -0.39 is 11.9 Å². The Balaban J connectivity index is 2.67. The number of hydrogen-bond acceptors (Lipinski definition) is 5. The van der Waals surface area contributed by atoms with Crippen LogP contribution >= 0.6 is 27.5 Å². The normalized spacial score (nSPS) is 17.6. The summed E-state index contributed by atoms with van der Waals surface area (Å²) in [5, 5.41) is 9.55. The molecule has 1 aromatic carbocycles. The molecule has 2 N–H and O–H groups in total.